The first kappa shape index (κ1) is 24.8. The summed E-state index contributed by atoms with van der Waals surface area (Å²) in [6, 6.07) is 7.25. The van der Waals surface area contributed by atoms with Crippen molar-refractivity contribution in [3.8, 4) is 11.3 Å². The van der Waals surface area contributed by atoms with Crippen molar-refractivity contribution in [1.82, 2.24) is 34.3 Å². The van der Waals surface area contributed by atoms with E-state index in [0.717, 1.165) is 76.1 Å². The summed E-state index contributed by atoms with van der Waals surface area (Å²) in [5, 5.41) is 3.06. The molecule has 8 nitrogen and oxygen atoms in total. The second-order valence-corrected chi connectivity index (χ2v) is 10.1. The van der Waals surface area contributed by atoms with E-state index in [0.29, 0.717) is 22.4 Å². The zero-order chi connectivity index (χ0) is 26.2. The lowest BCUT2D eigenvalue weighted by atomic mass is 10.1. The highest BCUT2D eigenvalue weighted by molar-refractivity contribution is 5.83. The average molecular weight is 519 g/mol. The number of nitrogens with zero attached hydrogens (tertiary/aromatic N) is 7. The maximum absolute atomic E-state index is 15.1. The van der Waals surface area contributed by atoms with Crippen LogP contribution in [0.1, 0.15) is 44.1 Å². The fourth-order valence-electron chi connectivity index (χ4n) is 5.59. The summed E-state index contributed by atoms with van der Waals surface area (Å²) in [5.74, 6) is 0.543. The molecule has 5 heterocycles. The third-order valence-corrected chi connectivity index (χ3v) is 7.76. The zero-order valence-corrected chi connectivity index (χ0v) is 21.8. The number of anilines is 2. The van der Waals surface area contributed by atoms with Crippen molar-refractivity contribution in [2.24, 2.45) is 0 Å². The van der Waals surface area contributed by atoms with Crippen LogP contribution in [0, 0.1) is 11.6 Å². The van der Waals surface area contributed by atoms with Gasteiger partial charge in [-0.15, -0.1) is 0 Å². The Bertz CT molecular complexity index is 1440. The van der Waals surface area contributed by atoms with Crippen LogP contribution in [0.5, 0.6) is 0 Å². The van der Waals surface area contributed by atoms with E-state index in [-0.39, 0.29) is 17.7 Å². The molecule has 4 aromatic rings. The Balaban J connectivity index is 1.21. The van der Waals surface area contributed by atoms with Crippen LogP contribution in [0.15, 0.2) is 36.7 Å². The first-order chi connectivity index (χ1) is 18.5. The van der Waals surface area contributed by atoms with Crippen LogP contribution in [0.3, 0.4) is 0 Å². The minimum atomic E-state index is -0.617. The van der Waals surface area contributed by atoms with Gasteiger partial charge in [0.15, 0.2) is 11.6 Å². The van der Waals surface area contributed by atoms with Gasteiger partial charge in [0.25, 0.3) is 0 Å². The molecule has 0 radical (unpaired) electrons. The van der Waals surface area contributed by atoms with Crippen LogP contribution in [0.2, 0.25) is 0 Å². The SMILES string of the molecule is CCC1CCc2nc3c(F)cc(-c4nc(Nc5ccc(CN6CCN(CC)CC6)cn5)ncc4F)cc3n21. The highest BCUT2D eigenvalue weighted by Crippen LogP contribution is 2.36. The van der Waals surface area contributed by atoms with Crippen LogP contribution >= 0.6 is 0 Å². The minimum Gasteiger partial charge on any atom is -0.325 e. The largest absolute Gasteiger partial charge is 0.325 e. The number of pyridine rings is 1. The van der Waals surface area contributed by atoms with E-state index in [4.69, 9.17) is 0 Å². The number of hydrogen-bond acceptors (Lipinski definition) is 7. The van der Waals surface area contributed by atoms with Crippen molar-refractivity contribution in [1.29, 1.82) is 0 Å². The molecule has 2 aliphatic heterocycles. The number of nitrogens with one attached hydrogen (secondary N) is 1. The first-order valence-corrected chi connectivity index (χ1v) is 13.4. The van der Waals surface area contributed by atoms with Crippen LogP contribution < -0.4 is 5.32 Å². The Hall–Kier alpha value is -3.50. The third kappa shape index (κ3) is 4.74. The Morgan fingerprint density at radius 1 is 0.947 bits per heavy atom. The molecule has 1 unspecified atom stereocenters. The summed E-state index contributed by atoms with van der Waals surface area (Å²) >= 11 is 0. The van der Waals surface area contributed by atoms with Gasteiger partial charge in [0.05, 0.1) is 11.7 Å². The molecule has 38 heavy (non-hydrogen) atoms. The van der Waals surface area contributed by atoms with Crippen LogP contribution in [0.4, 0.5) is 20.5 Å². The average Bonchev–Trinajstić information content (AvgIpc) is 3.51. The molecule has 2 aliphatic rings. The number of hydrogen-bond donors (Lipinski definition) is 1. The first-order valence-electron chi connectivity index (χ1n) is 13.4. The molecule has 0 bridgehead atoms. The quantitative estimate of drug-likeness (QED) is 0.371. The van der Waals surface area contributed by atoms with Gasteiger partial charge in [-0.2, -0.15) is 0 Å². The van der Waals surface area contributed by atoms with Gasteiger partial charge >= 0.3 is 0 Å². The highest BCUT2D eigenvalue weighted by Gasteiger charge is 2.26. The van der Waals surface area contributed by atoms with Crippen molar-refractivity contribution in [2.45, 2.75) is 45.7 Å². The molecule has 0 saturated carbocycles. The predicted molar refractivity (Wildman–Crippen MR) is 143 cm³/mol. The summed E-state index contributed by atoms with van der Waals surface area (Å²) < 4.78 is 32.0. The standard InChI is InChI=1S/C28H32F2N8/c1-3-20-6-8-25-34-27-21(29)13-19(14-23(27)38(20)25)26-22(30)16-32-28(35-26)33-24-7-5-18(15-31-24)17-37-11-9-36(4-2)10-12-37/h5,7,13-16,20H,3-4,6,8-12,17H2,1-2H3,(H,31,32,33,35). The zero-order valence-electron chi connectivity index (χ0n) is 21.8. The number of aryl methyl sites for hydroxylation is 1. The predicted octanol–water partition coefficient (Wildman–Crippen LogP) is 4.94. The molecule has 1 saturated heterocycles. The van der Waals surface area contributed by atoms with Crippen molar-refractivity contribution in [3.63, 3.8) is 0 Å². The number of benzene rings is 1. The van der Waals surface area contributed by atoms with E-state index in [1.807, 2.05) is 18.3 Å². The maximum atomic E-state index is 15.1. The monoisotopic (exact) mass is 518 g/mol. The van der Waals surface area contributed by atoms with Gasteiger partial charge < -0.3 is 14.8 Å². The molecule has 3 aromatic heterocycles. The molecule has 1 N–H and O–H groups in total. The molecular formula is C28H32F2N8. The summed E-state index contributed by atoms with van der Waals surface area (Å²) in [5.41, 5.74) is 2.52. The van der Waals surface area contributed by atoms with Crippen LogP contribution in [0.25, 0.3) is 22.3 Å². The lowest BCUT2D eigenvalue weighted by Crippen LogP contribution is -2.45. The van der Waals surface area contributed by atoms with Gasteiger partial charge in [-0.25, -0.2) is 28.7 Å². The summed E-state index contributed by atoms with van der Waals surface area (Å²) in [4.78, 5) is 22.4. The smallest absolute Gasteiger partial charge is 0.229 e. The second-order valence-electron chi connectivity index (χ2n) is 10.1. The number of piperazine rings is 1. The molecule has 0 amide bonds. The molecule has 0 aliphatic carbocycles. The molecule has 1 fully saturated rings. The molecule has 0 spiro atoms. The normalized spacial score (nSPS) is 18.3. The molecule has 10 heteroatoms. The molecule has 1 atom stereocenters. The van der Waals surface area contributed by atoms with Crippen LogP contribution in [-0.4, -0.2) is 67.0 Å². The third-order valence-electron chi connectivity index (χ3n) is 7.76. The minimum absolute atomic E-state index is 0.0349. The molecule has 6 rings (SSSR count). The van der Waals surface area contributed by atoms with Gasteiger partial charge in [-0.3, -0.25) is 4.90 Å². The van der Waals surface area contributed by atoms with E-state index in [2.05, 4.69) is 53.5 Å². The van der Waals surface area contributed by atoms with E-state index >= 15 is 4.39 Å². The van der Waals surface area contributed by atoms with Gasteiger partial charge in [-0.1, -0.05) is 19.9 Å². The van der Waals surface area contributed by atoms with Crippen molar-refractivity contribution < 1.29 is 8.78 Å². The fourth-order valence-corrected chi connectivity index (χ4v) is 5.59. The topological polar surface area (TPSA) is 75.0 Å². The molecular weight excluding hydrogens is 486 g/mol. The number of likely N-dealkylation sites (N-methyl/N-ethyl adjacent to an activating group) is 1. The van der Waals surface area contributed by atoms with Gasteiger partial charge in [0.1, 0.15) is 22.9 Å². The van der Waals surface area contributed by atoms with Gasteiger partial charge in [0.2, 0.25) is 5.95 Å². The number of rotatable bonds is 7. The van der Waals surface area contributed by atoms with E-state index in [1.165, 1.54) is 6.07 Å². The summed E-state index contributed by atoms with van der Waals surface area (Å²) in [6.45, 7) is 10.5. The fraction of sp³-hybridized carbons (Fsp3) is 0.429. The van der Waals surface area contributed by atoms with Crippen LogP contribution in [-0.2, 0) is 13.0 Å². The van der Waals surface area contributed by atoms with E-state index < -0.39 is 11.6 Å². The van der Waals surface area contributed by atoms with Crippen molar-refractivity contribution in [3.05, 3.63) is 59.7 Å². The number of aromatic nitrogens is 5. The Kier molecular flexibility index (Phi) is 6.75. The van der Waals surface area contributed by atoms with E-state index in [9.17, 15) is 4.39 Å². The van der Waals surface area contributed by atoms with Gasteiger partial charge in [-0.05, 0) is 43.1 Å². The van der Waals surface area contributed by atoms with E-state index in [1.54, 1.807) is 6.07 Å². The number of fused-ring (bicyclic) bond motifs is 3. The summed E-state index contributed by atoms with van der Waals surface area (Å²) in [7, 11) is 0. The number of halogens is 2. The van der Waals surface area contributed by atoms with Gasteiger partial charge in [0, 0.05) is 56.9 Å². The Morgan fingerprint density at radius 3 is 2.50 bits per heavy atom. The lowest BCUT2D eigenvalue weighted by Gasteiger charge is -2.33. The highest BCUT2D eigenvalue weighted by atomic mass is 19.1. The second kappa shape index (κ2) is 10.3. The lowest BCUT2D eigenvalue weighted by molar-refractivity contribution is 0.132. The summed E-state index contributed by atoms with van der Waals surface area (Å²) in [6.07, 6.45) is 5.68. The molecule has 1 aromatic carbocycles. The maximum Gasteiger partial charge on any atom is 0.229 e. The number of imidazole rings is 1. The van der Waals surface area contributed by atoms with Crippen molar-refractivity contribution >= 4 is 22.8 Å². The van der Waals surface area contributed by atoms with Crippen molar-refractivity contribution in [2.75, 3.05) is 38.0 Å². The Morgan fingerprint density at radius 2 is 1.76 bits per heavy atom. The molecule has 198 valence electrons. The Labute approximate surface area is 220 Å².